The standard InChI is InChI=1S/C20H16/c1-14-11-12-19-17-10-6-5-9-15(17)16-7-3-2-4-8-18(16)20(19)13-14/h2-7,9-13H,8H2,1H3. The highest BCUT2D eigenvalue weighted by molar-refractivity contribution is 6.13. The minimum atomic E-state index is 1.01. The molecule has 0 radical (unpaired) electrons. The van der Waals surface area contributed by atoms with E-state index in [4.69, 9.17) is 0 Å². The summed E-state index contributed by atoms with van der Waals surface area (Å²) in [7, 11) is 0. The third-order valence-electron chi connectivity index (χ3n) is 4.16. The predicted molar refractivity (Wildman–Crippen MR) is 88.1 cm³/mol. The smallest absolute Gasteiger partial charge is 0.00820 e. The zero-order valence-electron chi connectivity index (χ0n) is 11.6. The fraction of sp³-hybridized carbons (Fsp3) is 0.100. The zero-order chi connectivity index (χ0) is 13.5. The van der Waals surface area contributed by atoms with E-state index in [0.29, 0.717) is 0 Å². The van der Waals surface area contributed by atoms with Crippen LogP contribution in [0.15, 0.2) is 60.7 Å². The Kier molecular flexibility index (Phi) is 2.50. The van der Waals surface area contributed by atoms with Crippen molar-refractivity contribution in [3.63, 3.8) is 0 Å². The van der Waals surface area contributed by atoms with Gasteiger partial charge in [-0.2, -0.15) is 0 Å². The maximum atomic E-state index is 2.33. The van der Waals surface area contributed by atoms with Crippen LogP contribution in [0.25, 0.3) is 27.6 Å². The van der Waals surface area contributed by atoms with Crippen LogP contribution in [0.3, 0.4) is 0 Å². The van der Waals surface area contributed by atoms with Crippen molar-refractivity contribution in [3.05, 3.63) is 77.4 Å². The molecule has 3 aromatic carbocycles. The second-order valence-corrected chi connectivity index (χ2v) is 5.48. The topological polar surface area (TPSA) is 0 Å². The molecule has 1 aliphatic rings. The van der Waals surface area contributed by atoms with Gasteiger partial charge in [0.1, 0.15) is 0 Å². The minimum absolute atomic E-state index is 1.01. The molecule has 0 heteroatoms. The van der Waals surface area contributed by atoms with Gasteiger partial charge in [0.05, 0.1) is 0 Å². The Labute approximate surface area is 119 Å². The minimum Gasteiger partial charge on any atom is -0.0801 e. The summed E-state index contributed by atoms with van der Waals surface area (Å²) in [4.78, 5) is 0. The first-order chi connectivity index (χ1) is 9.84. The number of rotatable bonds is 0. The van der Waals surface area contributed by atoms with Crippen molar-refractivity contribution in [1.82, 2.24) is 0 Å². The Balaban J connectivity index is 2.29. The van der Waals surface area contributed by atoms with Crippen LogP contribution in [-0.2, 0) is 6.42 Å². The number of fused-ring (bicyclic) bond motifs is 6. The lowest BCUT2D eigenvalue weighted by Gasteiger charge is -2.14. The maximum Gasteiger partial charge on any atom is -0.00820 e. The lowest BCUT2D eigenvalue weighted by atomic mass is 9.90. The summed E-state index contributed by atoms with van der Waals surface area (Å²) in [6, 6.07) is 15.5. The predicted octanol–water partition coefficient (Wildman–Crippen LogP) is 5.43. The monoisotopic (exact) mass is 256 g/mol. The molecule has 0 nitrogen and oxygen atoms in total. The number of aryl methyl sites for hydroxylation is 1. The van der Waals surface area contributed by atoms with Crippen LogP contribution in [0.1, 0.15) is 16.7 Å². The first-order valence-electron chi connectivity index (χ1n) is 7.12. The van der Waals surface area contributed by atoms with Gasteiger partial charge >= 0.3 is 0 Å². The van der Waals surface area contributed by atoms with Gasteiger partial charge in [0, 0.05) is 0 Å². The SMILES string of the molecule is Cc1ccc2c(c1)c1c(c3ccccc32)C=CC=CC1. The van der Waals surface area contributed by atoms with Crippen molar-refractivity contribution in [2.24, 2.45) is 0 Å². The van der Waals surface area contributed by atoms with E-state index in [1.165, 1.54) is 38.2 Å². The Morgan fingerprint density at radius 3 is 2.50 bits per heavy atom. The summed E-state index contributed by atoms with van der Waals surface area (Å²) in [5.74, 6) is 0. The molecule has 0 saturated carbocycles. The molecule has 3 aromatic rings. The summed E-state index contributed by atoms with van der Waals surface area (Å²) in [5, 5.41) is 5.48. The average molecular weight is 256 g/mol. The Morgan fingerprint density at radius 2 is 1.60 bits per heavy atom. The van der Waals surface area contributed by atoms with Gasteiger partial charge in [0.25, 0.3) is 0 Å². The molecule has 0 fully saturated rings. The average Bonchev–Trinajstić information content (AvgIpc) is 2.73. The van der Waals surface area contributed by atoms with Crippen molar-refractivity contribution in [1.29, 1.82) is 0 Å². The largest absolute Gasteiger partial charge is 0.0801 e. The molecule has 0 heterocycles. The van der Waals surface area contributed by atoms with Crippen LogP contribution in [0, 0.1) is 6.92 Å². The molecule has 0 atom stereocenters. The van der Waals surface area contributed by atoms with Crippen LogP contribution in [0.2, 0.25) is 0 Å². The van der Waals surface area contributed by atoms with Gasteiger partial charge < -0.3 is 0 Å². The van der Waals surface area contributed by atoms with E-state index in [-0.39, 0.29) is 0 Å². The van der Waals surface area contributed by atoms with Gasteiger partial charge in [-0.15, -0.1) is 0 Å². The van der Waals surface area contributed by atoms with Gasteiger partial charge in [-0.25, -0.2) is 0 Å². The van der Waals surface area contributed by atoms with Crippen molar-refractivity contribution >= 4 is 27.6 Å². The fourth-order valence-electron chi connectivity index (χ4n) is 3.23. The number of benzene rings is 3. The molecule has 0 saturated heterocycles. The third kappa shape index (κ3) is 1.61. The molecule has 0 N–H and O–H groups in total. The van der Waals surface area contributed by atoms with Crippen LogP contribution in [0.5, 0.6) is 0 Å². The highest BCUT2D eigenvalue weighted by Gasteiger charge is 2.12. The van der Waals surface area contributed by atoms with E-state index in [9.17, 15) is 0 Å². The summed E-state index contributed by atoms with van der Waals surface area (Å²) in [6.45, 7) is 2.17. The quantitative estimate of drug-likeness (QED) is 0.471. The second-order valence-electron chi connectivity index (χ2n) is 5.48. The first kappa shape index (κ1) is 11.5. The Hall–Kier alpha value is -2.34. The fourth-order valence-corrected chi connectivity index (χ4v) is 3.23. The molecular weight excluding hydrogens is 240 g/mol. The van der Waals surface area contributed by atoms with Crippen LogP contribution in [0.4, 0.5) is 0 Å². The van der Waals surface area contributed by atoms with Gasteiger partial charge in [-0.05, 0) is 46.0 Å². The number of hydrogen-bond donors (Lipinski definition) is 0. The van der Waals surface area contributed by atoms with Gasteiger partial charge in [-0.3, -0.25) is 0 Å². The normalized spacial score (nSPS) is 13.7. The van der Waals surface area contributed by atoms with E-state index >= 15 is 0 Å². The summed E-state index contributed by atoms with van der Waals surface area (Å²) in [6.07, 6.45) is 9.81. The lowest BCUT2D eigenvalue weighted by molar-refractivity contribution is 1.30. The van der Waals surface area contributed by atoms with Crippen LogP contribution in [-0.4, -0.2) is 0 Å². The molecule has 20 heavy (non-hydrogen) atoms. The maximum absolute atomic E-state index is 2.33. The lowest BCUT2D eigenvalue weighted by Crippen LogP contribution is -1.93. The highest BCUT2D eigenvalue weighted by Crippen LogP contribution is 2.35. The molecule has 0 bridgehead atoms. The Morgan fingerprint density at radius 1 is 0.800 bits per heavy atom. The van der Waals surface area contributed by atoms with E-state index in [1.807, 2.05) is 0 Å². The molecular formula is C20H16. The molecule has 4 rings (SSSR count). The third-order valence-corrected chi connectivity index (χ3v) is 4.16. The van der Waals surface area contributed by atoms with Crippen molar-refractivity contribution in [3.8, 4) is 0 Å². The van der Waals surface area contributed by atoms with Gasteiger partial charge in [0.2, 0.25) is 0 Å². The molecule has 0 aromatic heterocycles. The highest BCUT2D eigenvalue weighted by atomic mass is 14.2. The number of allylic oxidation sites excluding steroid dienone is 3. The summed E-state index contributed by atoms with van der Waals surface area (Å²) < 4.78 is 0. The molecule has 0 aliphatic heterocycles. The molecule has 1 aliphatic carbocycles. The van der Waals surface area contributed by atoms with Gasteiger partial charge in [0.15, 0.2) is 0 Å². The van der Waals surface area contributed by atoms with Gasteiger partial charge in [-0.1, -0.05) is 72.3 Å². The summed E-state index contributed by atoms with van der Waals surface area (Å²) in [5.41, 5.74) is 4.16. The van der Waals surface area contributed by atoms with E-state index in [1.54, 1.807) is 0 Å². The molecule has 96 valence electrons. The Bertz CT molecular complexity index is 879. The van der Waals surface area contributed by atoms with Crippen molar-refractivity contribution in [2.75, 3.05) is 0 Å². The van der Waals surface area contributed by atoms with Crippen LogP contribution >= 0.6 is 0 Å². The molecule has 0 unspecified atom stereocenters. The van der Waals surface area contributed by atoms with E-state index in [0.717, 1.165) is 6.42 Å². The van der Waals surface area contributed by atoms with E-state index in [2.05, 4.69) is 73.7 Å². The van der Waals surface area contributed by atoms with Crippen molar-refractivity contribution < 1.29 is 0 Å². The van der Waals surface area contributed by atoms with Crippen LogP contribution < -0.4 is 0 Å². The molecule has 0 amide bonds. The first-order valence-corrected chi connectivity index (χ1v) is 7.12. The molecule has 0 spiro atoms. The second kappa shape index (κ2) is 4.35. The van der Waals surface area contributed by atoms with E-state index < -0.39 is 0 Å². The van der Waals surface area contributed by atoms with Crippen molar-refractivity contribution in [2.45, 2.75) is 13.3 Å². The zero-order valence-corrected chi connectivity index (χ0v) is 11.6. The number of hydrogen-bond acceptors (Lipinski definition) is 0. The summed E-state index contributed by atoms with van der Waals surface area (Å²) >= 11 is 0.